The molecule has 2 aromatic carbocycles. The smallest absolute Gasteiger partial charge is 0.339 e. The lowest BCUT2D eigenvalue weighted by atomic mass is 9.90. The summed E-state index contributed by atoms with van der Waals surface area (Å²) in [5.74, 6) is -0.813. The molecule has 0 spiro atoms. The van der Waals surface area contributed by atoms with E-state index >= 15 is 0 Å². The summed E-state index contributed by atoms with van der Waals surface area (Å²) in [5.41, 5.74) is 6.60. The molecule has 27 heavy (non-hydrogen) atoms. The van der Waals surface area contributed by atoms with Crippen molar-refractivity contribution in [3.8, 4) is 0 Å². The van der Waals surface area contributed by atoms with Gasteiger partial charge in [-0.1, -0.05) is 23.7 Å². The maximum absolute atomic E-state index is 12.6. The van der Waals surface area contributed by atoms with Gasteiger partial charge in [0, 0.05) is 5.02 Å². The van der Waals surface area contributed by atoms with Gasteiger partial charge in [0.25, 0.3) is 5.91 Å². The molecule has 4 nitrogen and oxygen atoms in total. The van der Waals surface area contributed by atoms with Gasteiger partial charge in [-0.2, -0.15) is 0 Å². The van der Waals surface area contributed by atoms with E-state index in [9.17, 15) is 9.59 Å². The summed E-state index contributed by atoms with van der Waals surface area (Å²) in [6.45, 7) is 11.4. The van der Waals surface area contributed by atoms with E-state index in [0.29, 0.717) is 10.6 Å². The number of carbonyl (C=O) groups is 2. The fourth-order valence-electron chi connectivity index (χ4n) is 3.13. The number of amides is 1. The van der Waals surface area contributed by atoms with Gasteiger partial charge in [-0.05, 0) is 87.1 Å². The molecule has 1 N–H and O–H groups in total. The lowest BCUT2D eigenvalue weighted by molar-refractivity contribution is -0.124. The summed E-state index contributed by atoms with van der Waals surface area (Å²) < 4.78 is 5.29. The normalized spacial score (nSPS) is 11.8. The number of hydrogen-bond donors (Lipinski definition) is 1. The van der Waals surface area contributed by atoms with Crippen molar-refractivity contribution in [1.82, 2.24) is 5.32 Å². The Bertz CT molecular complexity index is 843. The Kier molecular flexibility index (Phi) is 6.66. The van der Waals surface area contributed by atoms with Gasteiger partial charge in [0.05, 0.1) is 11.6 Å². The third kappa shape index (κ3) is 4.69. The number of hydrogen-bond acceptors (Lipinski definition) is 3. The highest BCUT2D eigenvalue weighted by Crippen LogP contribution is 2.26. The molecule has 1 amide bonds. The van der Waals surface area contributed by atoms with Crippen LogP contribution in [0.1, 0.15) is 56.7 Å². The first-order valence-electron chi connectivity index (χ1n) is 8.92. The molecule has 0 aliphatic heterocycles. The molecule has 0 aliphatic carbocycles. The Hall–Kier alpha value is -2.33. The fourth-order valence-corrected chi connectivity index (χ4v) is 3.25. The van der Waals surface area contributed by atoms with E-state index in [1.807, 2.05) is 53.7 Å². The van der Waals surface area contributed by atoms with Crippen molar-refractivity contribution >= 4 is 23.5 Å². The van der Waals surface area contributed by atoms with Gasteiger partial charge >= 0.3 is 5.97 Å². The molecule has 0 aromatic heterocycles. The highest BCUT2D eigenvalue weighted by molar-refractivity contribution is 6.30. The van der Waals surface area contributed by atoms with Gasteiger partial charge in [0.1, 0.15) is 0 Å². The van der Waals surface area contributed by atoms with E-state index in [2.05, 4.69) is 5.32 Å². The summed E-state index contributed by atoms with van der Waals surface area (Å²) in [4.78, 5) is 24.8. The predicted molar refractivity (Wildman–Crippen MR) is 108 cm³/mol. The van der Waals surface area contributed by atoms with Crippen molar-refractivity contribution in [1.29, 1.82) is 0 Å². The van der Waals surface area contributed by atoms with E-state index in [-0.39, 0.29) is 18.6 Å². The average Bonchev–Trinajstić information content (AvgIpc) is 2.63. The van der Waals surface area contributed by atoms with Crippen molar-refractivity contribution in [3.63, 3.8) is 0 Å². The number of benzene rings is 2. The molecule has 0 unspecified atom stereocenters. The largest absolute Gasteiger partial charge is 0.452 e. The number of rotatable bonds is 5. The van der Waals surface area contributed by atoms with Crippen molar-refractivity contribution in [2.75, 3.05) is 6.61 Å². The van der Waals surface area contributed by atoms with E-state index in [1.165, 1.54) is 5.56 Å². The third-order valence-corrected chi connectivity index (χ3v) is 5.54. The van der Waals surface area contributed by atoms with Crippen LogP contribution in [0.4, 0.5) is 0 Å². The maximum Gasteiger partial charge on any atom is 0.339 e. The number of nitrogens with one attached hydrogen (secondary N) is 1. The lowest BCUT2D eigenvalue weighted by Gasteiger charge is -2.18. The van der Waals surface area contributed by atoms with Crippen molar-refractivity contribution in [2.24, 2.45) is 0 Å². The summed E-state index contributed by atoms with van der Waals surface area (Å²) in [7, 11) is 0. The van der Waals surface area contributed by atoms with Crippen LogP contribution >= 0.6 is 11.6 Å². The summed E-state index contributed by atoms with van der Waals surface area (Å²) in [5, 5.41) is 3.46. The molecule has 1 atom stereocenters. The summed E-state index contributed by atoms with van der Waals surface area (Å²) in [6, 6.07) is 7.04. The first-order valence-corrected chi connectivity index (χ1v) is 9.30. The molecule has 0 radical (unpaired) electrons. The zero-order valence-corrected chi connectivity index (χ0v) is 17.5. The zero-order chi connectivity index (χ0) is 20.3. The number of carbonyl (C=O) groups excluding carboxylic acids is 2. The van der Waals surface area contributed by atoms with Crippen molar-refractivity contribution in [2.45, 2.75) is 47.6 Å². The Morgan fingerprint density at radius 2 is 1.41 bits per heavy atom. The van der Waals surface area contributed by atoms with E-state index in [1.54, 1.807) is 12.1 Å². The minimum Gasteiger partial charge on any atom is -0.452 e. The SMILES string of the molecule is Cc1c(C)c(C)c(C(=O)OCC(=O)N[C@@H](C)c2ccc(Cl)cc2)c(C)c1C. The molecule has 0 aliphatic rings. The minimum atomic E-state index is -0.467. The number of halogens is 1. The predicted octanol–water partition coefficient (Wildman–Crippen LogP) is 4.92. The van der Waals surface area contributed by atoms with Gasteiger partial charge in [0.2, 0.25) is 0 Å². The van der Waals surface area contributed by atoms with E-state index < -0.39 is 5.97 Å². The molecule has 0 bridgehead atoms. The molecule has 0 heterocycles. The van der Waals surface area contributed by atoms with Crippen LogP contribution < -0.4 is 5.32 Å². The van der Waals surface area contributed by atoms with Gasteiger partial charge in [-0.15, -0.1) is 0 Å². The molecule has 2 rings (SSSR count). The molecular weight excluding hydrogens is 362 g/mol. The molecule has 0 saturated heterocycles. The summed E-state index contributed by atoms with van der Waals surface area (Å²) >= 11 is 5.88. The van der Waals surface area contributed by atoms with Crippen LogP contribution in [0.5, 0.6) is 0 Å². The molecular formula is C22H26ClNO3. The Morgan fingerprint density at radius 3 is 1.93 bits per heavy atom. The zero-order valence-electron chi connectivity index (χ0n) is 16.7. The molecule has 5 heteroatoms. The standard InChI is InChI=1S/C22H26ClNO3/c1-12-13(2)15(4)21(16(5)14(12)3)22(26)27-11-20(25)24-17(6)18-7-9-19(23)10-8-18/h7-10,17H,11H2,1-6H3,(H,24,25)/t17-/m0/s1. The quantitative estimate of drug-likeness (QED) is 0.741. The Labute approximate surface area is 165 Å². The monoisotopic (exact) mass is 387 g/mol. The average molecular weight is 388 g/mol. The van der Waals surface area contributed by atoms with Crippen LogP contribution in [-0.4, -0.2) is 18.5 Å². The van der Waals surface area contributed by atoms with Crippen molar-refractivity contribution in [3.05, 3.63) is 68.2 Å². The lowest BCUT2D eigenvalue weighted by Crippen LogP contribution is -2.31. The minimum absolute atomic E-state index is 0.208. The number of ether oxygens (including phenoxy) is 1. The first kappa shape index (κ1) is 21.0. The Morgan fingerprint density at radius 1 is 0.926 bits per heavy atom. The van der Waals surface area contributed by atoms with E-state index in [4.69, 9.17) is 16.3 Å². The van der Waals surface area contributed by atoms with Crippen LogP contribution in [0.25, 0.3) is 0 Å². The topological polar surface area (TPSA) is 55.4 Å². The molecule has 2 aromatic rings. The molecule has 0 fully saturated rings. The highest BCUT2D eigenvalue weighted by atomic mass is 35.5. The molecule has 144 valence electrons. The van der Waals surface area contributed by atoms with Crippen LogP contribution in [0.2, 0.25) is 5.02 Å². The first-order chi connectivity index (χ1) is 12.6. The highest BCUT2D eigenvalue weighted by Gasteiger charge is 2.20. The van der Waals surface area contributed by atoms with Gasteiger partial charge in [-0.25, -0.2) is 4.79 Å². The van der Waals surface area contributed by atoms with Crippen molar-refractivity contribution < 1.29 is 14.3 Å². The maximum atomic E-state index is 12.6. The van der Waals surface area contributed by atoms with Gasteiger partial charge < -0.3 is 10.1 Å². The second kappa shape index (κ2) is 8.57. The van der Waals surface area contributed by atoms with Crippen LogP contribution in [0.15, 0.2) is 24.3 Å². The fraction of sp³-hybridized carbons (Fsp3) is 0.364. The molecule has 0 saturated carbocycles. The van der Waals surface area contributed by atoms with Crippen LogP contribution in [0, 0.1) is 34.6 Å². The number of esters is 1. The van der Waals surface area contributed by atoms with Crippen LogP contribution in [0.3, 0.4) is 0 Å². The second-order valence-corrected chi connectivity index (χ2v) is 7.35. The summed E-state index contributed by atoms with van der Waals surface area (Å²) in [6.07, 6.45) is 0. The van der Waals surface area contributed by atoms with Gasteiger partial charge in [0.15, 0.2) is 6.61 Å². The Balaban J connectivity index is 2.03. The third-order valence-electron chi connectivity index (χ3n) is 5.29. The van der Waals surface area contributed by atoms with E-state index in [0.717, 1.165) is 27.8 Å². The second-order valence-electron chi connectivity index (χ2n) is 6.92. The van der Waals surface area contributed by atoms with Gasteiger partial charge in [-0.3, -0.25) is 4.79 Å². The van der Waals surface area contributed by atoms with Crippen LogP contribution in [-0.2, 0) is 9.53 Å².